The van der Waals surface area contributed by atoms with Gasteiger partial charge in [-0.25, -0.2) is 9.97 Å². The van der Waals surface area contributed by atoms with Crippen molar-refractivity contribution < 1.29 is 13.2 Å². The van der Waals surface area contributed by atoms with Crippen LogP contribution in [0, 0.1) is 0 Å². The lowest BCUT2D eigenvalue weighted by Gasteiger charge is -2.15. The van der Waals surface area contributed by atoms with E-state index < -0.39 is 12.6 Å². The number of anilines is 2. The van der Waals surface area contributed by atoms with Gasteiger partial charge in [-0.3, -0.25) is 0 Å². The highest BCUT2D eigenvalue weighted by molar-refractivity contribution is 5.57. The topological polar surface area (TPSA) is 49.8 Å². The van der Waals surface area contributed by atoms with Crippen molar-refractivity contribution in [3.8, 4) is 0 Å². The highest BCUT2D eigenvalue weighted by Crippen LogP contribution is 2.23. The SMILES string of the molecule is CCCc1c(NCC)ncnc1NCCC(F)(F)F. The molecule has 7 heteroatoms. The van der Waals surface area contributed by atoms with Crippen molar-refractivity contribution in [3.05, 3.63) is 11.9 Å². The van der Waals surface area contributed by atoms with Crippen LogP contribution in [0.25, 0.3) is 0 Å². The molecule has 0 unspecified atom stereocenters. The predicted octanol–water partition coefficient (Wildman–Crippen LogP) is 3.23. The normalized spacial score (nSPS) is 11.4. The van der Waals surface area contributed by atoms with Gasteiger partial charge < -0.3 is 10.6 Å². The maximum absolute atomic E-state index is 12.1. The van der Waals surface area contributed by atoms with Crippen LogP contribution in [0.15, 0.2) is 6.33 Å². The first-order valence-electron chi connectivity index (χ1n) is 6.36. The van der Waals surface area contributed by atoms with E-state index in [9.17, 15) is 13.2 Å². The van der Waals surface area contributed by atoms with E-state index in [1.54, 1.807) is 0 Å². The van der Waals surface area contributed by atoms with Crippen LogP contribution < -0.4 is 10.6 Å². The van der Waals surface area contributed by atoms with E-state index in [1.165, 1.54) is 6.33 Å². The van der Waals surface area contributed by atoms with Crippen molar-refractivity contribution in [3.63, 3.8) is 0 Å². The third-order valence-corrected chi connectivity index (χ3v) is 2.49. The Labute approximate surface area is 110 Å². The predicted molar refractivity (Wildman–Crippen MR) is 69.4 cm³/mol. The van der Waals surface area contributed by atoms with Crippen LogP contribution in [0.3, 0.4) is 0 Å². The molecule has 2 N–H and O–H groups in total. The summed E-state index contributed by atoms with van der Waals surface area (Å²) in [4.78, 5) is 8.15. The molecule has 0 radical (unpaired) electrons. The highest BCUT2D eigenvalue weighted by Gasteiger charge is 2.26. The van der Waals surface area contributed by atoms with Crippen LogP contribution in [0.5, 0.6) is 0 Å². The van der Waals surface area contributed by atoms with Crippen LogP contribution in [-0.4, -0.2) is 29.2 Å². The molecule has 0 saturated heterocycles. The maximum Gasteiger partial charge on any atom is 0.390 e. The zero-order valence-corrected chi connectivity index (χ0v) is 11.1. The first-order chi connectivity index (χ1) is 8.98. The van der Waals surface area contributed by atoms with Gasteiger partial charge in [0.05, 0.1) is 6.42 Å². The Morgan fingerprint density at radius 1 is 1.11 bits per heavy atom. The Balaban J connectivity index is 2.78. The lowest BCUT2D eigenvalue weighted by molar-refractivity contribution is -0.131. The summed E-state index contributed by atoms with van der Waals surface area (Å²) >= 11 is 0. The van der Waals surface area contributed by atoms with Crippen molar-refractivity contribution >= 4 is 11.6 Å². The molecule has 19 heavy (non-hydrogen) atoms. The molecular weight excluding hydrogens is 257 g/mol. The second kappa shape index (κ2) is 7.16. The summed E-state index contributed by atoms with van der Waals surface area (Å²) in [6.45, 7) is 4.47. The molecule has 1 aromatic rings. The molecule has 0 atom stereocenters. The lowest BCUT2D eigenvalue weighted by atomic mass is 10.1. The van der Waals surface area contributed by atoms with Gasteiger partial charge in [-0.05, 0) is 13.3 Å². The molecule has 0 aliphatic carbocycles. The van der Waals surface area contributed by atoms with Crippen LogP contribution >= 0.6 is 0 Å². The minimum atomic E-state index is -4.16. The van der Waals surface area contributed by atoms with Gasteiger partial charge >= 0.3 is 6.18 Å². The fourth-order valence-electron chi connectivity index (χ4n) is 1.69. The molecule has 0 aliphatic heterocycles. The van der Waals surface area contributed by atoms with Gasteiger partial charge in [-0.1, -0.05) is 13.3 Å². The number of rotatable bonds is 7. The van der Waals surface area contributed by atoms with Gasteiger partial charge in [0.1, 0.15) is 18.0 Å². The van der Waals surface area contributed by atoms with Gasteiger partial charge in [0.25, 0.3) is 0 Å². The molecule has 1 rings (SSSR count). The Morgan fingerprint density at radius 2 is 1.74 bits per heavy atom. The minimum Gasteiger partial charge on any atom is -0.370 e. The summed E-state index contributed by atoms with van der Waals surface area (Å²) in [7, 11) is 0. The maximum atomic E-state index is 12.1. The van der Waals surface area contributed by atoms with Crippen molar-refractivity contribution in [2.45, 2.75) is 39.3 Å². The first kappa shape index (κ1) is 15.5. The van der Waals surface area contributed by atoms with Crippen molar-refractivity contribution in [2.24, 2.45) is 0 Å². The molecule has 0 fully saturated rings. The second-order valence-electron chi connectivity index (χ2n) is 4.12. The summed E-state index contributed by atoms with van der Waals surface area (Å²) in [5.74, 6) is 1.17. The van der Waals surface area contributed by atoms with Crippen LogP contribution in [0.4, 0.5) is 24.8 Å². The Morgan fingerprint density at radius 3 is 2.26 bits per heavy atom. The summed E-state index contributed by atoms with van der Waals surface area (Å²) in [5.41, 5.74) is 0.842. The molecule has 4 nitrogen and oxygen atoms in total. The second-order valence-corrected chi connectivity index (χ2v) is 4.12. The zero-order chi connectivity index (χ0) is 14.3. The van der Waals surface area contributed by atoms with E-state index in [1.807, 2.05) is 13.8 Å². The zero-order valence-electron chi connectivity index (χ0n) is 11.1. The summed E-state index contributed by atoms with van der Waals surface area (Å²) in [5, 5.41) is 5.84. The molecule has 0 bridgehead atoms. The average Bonchev–Trinajstić information content (AvgIpc) is 2.32. The third kappa shape index (κ3) is 5.32. The van der Waals surface area contributed by atoms with E-state index in [4.69, 9.17) is 0 Å². The van der Waals surface area contributed by atoms with Crippen molar-refractivity contribution in [2.75, 3.05) is 23.7 Å². The van der Waals surface area contributed by atoms with Crippen LogP contribution in [-0.2, 0) is 6.42 Å². The number of alkyl halides is 3. The molecule has 0 amide bonds. The number of nitrogens with zero attached hydrogens (tertiary/aromatic N) is 2. The molecule has 1 aromatic heterocycles. The Bertz CT molecular complexity index is 393. The van der Waals surface area contributed by atoms with Gasteiger partial charge in [-0.2, -0.15) is 13.2 Å². The molecule has 0 aromatic carbocycles. The van der Waals surface area contributed by atoms with Gasteiger partial charge in [0.15, 0.2) is 0 Å². The average molecular weight is 276 g/mol. The number of nitrogens with one attached hydrogen (secondary N) is 2. The Hall–Kier alpha value is -1.53. The van der Waals surface area contributed by atoms with E-state index in [0.717, 1.165) is 18.4 Å². The van der Waals surface area contributed by atoms with Crippen molar-refractivity contribution in [1.29, 1.82) is 0 Å². The standard InChI is InChI=1S/C12H19F3N4/c1-3-5-9-10(16-4-2)18-8-19-11(9)17-7-6-12(13,14)15/h8H,3-7H2,1-2H3,(H2,16,17,18,19). The van der Waals surface area contributed by atoms with Crippen LogP contribution in [0.1, 0.15) is 32.3 Å². The van der Waals surface area contributed by atoms with Crippen LogP contribution in [0.2, 0.25) is 0 Å². The first-order valence-corrected chi connectivity index (χ1v) is 6.36. The molecule has 1 heterocycles. The van der Waals surface area contributed by atoms with E-state index >= 15 is 0 Å². The quantitative estimate of drug-likeness (QED) is 0.802. The monoisotopic (exact) mass is 276 g/mol. The van der Waals surface area contributed by atoms with E-state index in [2.05, 4.69) is 20.6 Å². The summed E-state index contributed by atoms with van der Waals surface area (Å²) in [6.07, 6.45) is -2.08. The third-order valence-electron chi connectivity index (χ3n) is 2.49. The number of halogens is 3. The minimum absolute atomic E-state index is 0.178. The molecule has 0 aliphatic rings. The highest BCUT2D eigenvalue weighted by atomic mass is 19.4. The number of hydrogen-bond acceptors (Lipinski definition) is 4. The summed E-state index contributed by atoms with van der Waals surface area (Å²) < 4.78 is 36.4. The molecule has 0 saturated carbocycles. The molecule has 108 valence electrons. The fraction of sp³-hybridized carbons (Fsp3) is 0.667. The lowest BCUT2D eigenvalue weighted by Crippen LogP contribution is -2.17. The van der Waals surface area contributed by atoms with Gasteiger partial charge in [0.2, 0.25) is 0 Å². The van der Waals surface area contributed by atoms with Gasteiger partial charge in [0, 0.05) is 18.7 Å². The van der Waals surface area contributed by atoms with Gasteiger partial charge in [-0.15, -0.1) is 0 Å². The van der Waals surface area contributed by atoms with E-state index in [0.29, 0.717) is 18.2 Å². The van der Waals surface area contributed by atoms with E-state index in [-0.39, 0.29) is 6.54 Å². The largest absolute Gasteiger partial charge is 0.390 e. The van der Waals surface area contributed by atoms with Crippen molar-refractivity contribution in [1.82, 2.24) is 9.97 Å². The summed E-state index contributed by atoms with van der Waals surface area (Å²) in [6, 6.07) is 0. The number of hydrogen-bond donors (Lipinski definition) is 2. The Kier molecular flexibility index (Phi) is 5.85. The molecule has 0 spiro atoms. The fourth-order valence-corrected chi connectivity index (χ4v) is 1.69. The smallest absolute Gasteiger partial charge is 0.370 e. The number of aromatic nitrogens is 2. The molecular formula is C12H19F3N4.